The number of nitrogens with one attached hydrogen (secondary N) is 1. The van der Waals surface area contributed by atoms with Gasteiger partial charge in [0.15, 0.2) is 0 Å². The summed E-state index contributed by atoms with van der Waals surface area (Å²) in [7, 11) is 1.78. The molecule has 0 unspecified atom stereocenters. The van der Waals surface area contributed by atoms with Crippen molar-refractivity contribution in [1.82, 2.24) is 10.2 Å². The zero-order valence-corrected chi connectivity index (χ0v) is 7.71. The number of nitriles is 1. The average molecular weight is 179 g/mol. The molecule has 0 aliphatic heterocycles. The molecule has 0 aliphatic rings. The molecule has 1 N–H and O–H groups in total. The second kappa shape index (κ2) is 7.15. The van der Waals surface area contributed by atoms with E-state index in [2.05, 4.69) is 11.2 Å². The third-order valence-corrected chi connectivity index (χ3v) is 1.41. The van der Waals surface area contributed by atoms with Gasteiger partial charge in [-0.1, -0.05) is 5.92 Å². The summed E-state index contributed by atoms with van der Waals surface area (Å²) in [5.41, 5.74) is 0. The second-order valence-corrected chi connectivity index (χ2v) is 2.63. The SMILES string of the molecule is C#CCNC(=O)CN(C)CCC#N. The van der Waals surface area contributed by atoms with Crippen LogP contribution in [0.1, 0.15) is 6.42 Å². The molecule has 70 valence electrons. The van der Waals surface area contributed by atoms with Crippen LogP contribution in [0.2, 0.25) is 0 Å². The molecule has 0 heterocycles. The Bertz CT molecular complexity index is 236. The number of hydrogen-bond acceptors (Lipinski definition) is 3. The quantitative estimate of drug-likeness (QED) is 0.583. The fraction of sp³-hybridized carbons (Fsp3) is 0.556. The van der Waals surface area contributed by atoms with E-state index in [4.69, 9.17) is 11.7 Å². The number of carbonyl (C=O) groups excluding carboxylic acids is 1. The van der Waals surface area contributed by atoms with Gasteiger partial charge in [-0.3, -0.25) is 9.69 Å². The van der Waals surface area contributed by atoms with Gasteiger partial charge in [-0.2, -0.15) is 5.26 Å². The van der Waals surface area contributed by atoms with Gasteiger partial charge in [-0.25, -0.2) is 0 Å². The van der Waals surface area contributed by atoms with Crippen LogP contribution in [0.25, 0.3) is 0 Å². The van der Waals surface area contributed by atoms with Crippen LogP contribution >= 0.6 is 0 Å². The minimum Gasteiger partial charge on any atom is -0.344 e. The number of carbonyl (C=O) groups is 1. The maximum Gasteiger partial charge on any atom is 0.234 e. The molecule has 0 saturated heterocycles. The first-order valence-electron chi connectivity index (χ1n) is 3.96. The van der Waals surface area contributed by atoms with Crippen LogP contribution in [0.5, 0.6) is 0 Å². The first-order valence-corrected chi connectivity index (χ1v) is 3.96. The summed E-state index contributed by atoms with van der Waals surface area (Å²) in [6.07, 6.45) is 5.40. The molecule has 1 amide bonds. The average Bonchev–Trinajstić information content (AvgIpc) is 2.11. The number of amides is 1. The van der Waals surface area contributed by atoms with Crippen LogP contribution in [0.15, 0.2) is 0 Å². The molecule has 0 fully saturated rings. The minimum absolute atomic E-state index is 0.113. The molecule has 0 aromatic carbocycles. The molecule has 0 rings (SSSR count). The van der Waals surface area contributed by atoms with Crippen molar-refractivity contribution >= 4 is 5.91 Å². The van der Waals surface area contributed by atoms with E-state index in [1.165, 1.54) is 0 Å². The standard InChI is InChI=1S/C9H13N3O/c1-3-6-11-9(13)8-12(2)7-4-5-10/h1H,4,6-8H2,2H3,(H,11,13). The predicted octanol–water partition coefficient (Wildman–Crippen LogP) is -0.419. The lowest BCUT2D eigenvalue weighted by Gasteiger charge is -2.13. The Balaban J connectivity index is 3.55. The molecule has 0 saturated carbocycles. The van der Waals surface area contributed by atoms with Crippen molar-refractivity contribution in [3.05, 3.63) is 0 Å². The van der Waals surface area contributed by atoms with Crippen molar-refractivity contribution in [1.29, 1.82) is 5.26 Å². The largest absolute Gasteiger partial charge is 0.344 e. The summed E-state index contributed by atoms with van der Waals surface area (Å²) in [5.74, 6) is 2.20. The van der Waals surface area contributed by atoms with E-state index in [0.29, 0.717) is 13.0 Å². The van der Waals surface area contributed by atoms with E-state index >= 15 is 0 Å². The van der Waals surface area contributed by atoms with Gasteiger partial charge in [-0.05, 0) is 7.05 Å². The predicted molar refractivity (Wildman–Crippen MR) is 49.6 cm³/mol. The van der Waals surface area contributed by atoms with Gasteiger partial charge in [0.1, 0.15) is 0 Å². The second-order valence-electron chi connectivity index (χ2n) is 2.63. The smallest absolute Gasteiger partial charge is 0.234 e. The van der Waals surface area contributed by atoms with E-state index in [-0.39, 0.29) is 19.0 Å². The fourth-order valence-corrected chi connectivity index (χ4v) is 0.771. The summed E-state index contributed by atoms with van der Waals surface area (Å²) in [6, 6.07) is 2.01. The first kappa shape index (κ1) is 11.5. The Morgan fingerprint density at radius 1 is 1.69 bits per heavy atom. The van der Waals surface area contributed by atoms with Gasteiger partial charge in [0.2, 0.25) is 5.91 Å². The third-order valence-electron chi connectivity index (χ3n) is 1.41. The lowest BCUT2D eigenvalue weighted by molar-refractivity contribution is -0.121. The summed E-state index contributed by atoms with van der Waals surface area (Å²) < 4.78 is 0. The van der Waals surface area contributed by atoms with Crippen molar-refractivity contribution < 1.29 is 4.79 Å². The number of nitrogens with zero attached hydrogens (tertiary/aromatic N) is 2. The van der Waals surface area contributed by atoms with Gasteiger partial charge in [0.25, 0.3) is 0 Å². The summed E-state index contributed by atoms with van der Waals surface area (Å²) in [4.78, 5) is 12.8. The Hall–Kier alpha value is -1.52. The molecule has 4 nitrogen and oxygen atoms in total. The number of hydrogen-bond donors (Lipinski definition) is 1. The molecule has 0 atom stereocenters. The Labute approximate surface area is 78.5 Å². The lowest BCUT2D eigenvalue weighted by atomic mass is 10.4. The number of rotatable bonds is 5. The normalized spacial score (nSPS) is 8.92. The van der Waals surface area contributed by atoms with Crippen LogP contribution in [-0.2, 0) is 4.79 Å². The highest BCUT2D eigenvalue weighted by atomic mass is 16.1. The van der Waals surface area contributed by atoms with E-state index in [1.807, 2.05) is 6.07 Å². The summed E-state index contributed by atoms with van der Waals surface area (Å²) >= 11 is 0. The molecule has 0 aliphatic carbocycles. The van der Waals surface area contributed by atoms with Gasteiger partial charge >= 0.3 is 0 Å². The molecule has 4 heteroatoms. The van der Waals surface area contributed by atoms with Crippen LogP contribution in [0.3, 0.4) is 0 Å². The Morgan fingerprint density at radius 2 is 2.38 bits per heavy atom. The van der Waals surface area contributed by atoms with Crippen molar-refractivity contribution in [2.75, 3.05) is 26.7 Å². The summed E-state index contributed by atoms with van der Waals surface area (Å²) in [6.45, 7) is 1.13. The molecule has 0 spiro atoms. The van der Waals surface area contributed by atoms with E-state index in [0.717, 1.165) is 0 Å². The van der Waals surface area contributed by atoms with Crippen molar-refractivity contribution in [3.63, 3.8) is 0 Å². The third kappa shape index (κ3) is 6.86. The van der Waals surface area contributed by atoms with Gasteiger partial charge in [-0.15, -0.1) is 6.42 Å². The van der Waals surface area contributed by atoms with Crippen LogP contribution < -0.4 is 5.32 Å². The zero-order chi connectivity index (χ0) is 10.1. The highest BCUT2D eigenvalue weighted by Crippen LogP contribution is 1.84. The molecule has 0 radical (unpaired) electrons. The molecular weight excluding hydrogens is 166 g/mol. The monoisotopic (exact) mass is 179 g/mol. The zero-order valence-electron chi connectivity index (χ0n) is 7.71. The van der Waals surface area contributed by atoms with Gasteiger partial charge < -0.3 is 5.32 Å². The molecule has 0 bridgehead atoms. The van der Waals surface area contributed by atoms with Crippen molar-refractivity contribution in [2.45, 2.75) is 6.42 Å². The minimum atomic E-state index is -0.113. The van der Waals surface area contributed by atoms with Crippen molar-refractivity contribution in [3.8, 4) is 18.4 Å². The number of likely N-dealkylation sites (N-methyl/N-ethyl adjacent to an activating group) is 1. The van der Waals surface area contributed by atoms with E-state index < -0.39 is 0 Å². The Morgan fingerprint density at radius 3 is 2.92 bits per heavy atom. The molecule has 0 aromatic rings. The highest BCUT2D eigenvalue weighted by Gasteiger charge is 2.03. The van der Waals surface area contributed by atoms with Gasteiger partial charge in [0, 0.05) is 13.0 Å². The highest BCUT2D eigenvalue weighted by molar-refractivity contribution is 5.78. The maximum atomic E-state index is 11.0. The van der Waals surface area contributed by atoms with Crippen LogP contribution in [0, 0.1) is 23.7 Å². The Kier molecular flexibility index (Phi) is 6.31. The first-order chi connectivity index (χ1) is 6.20. The topological polar surface area (TPSA) is 56.1 Å². The molecular formula is C9H13N3O. The van der Waals surface area contributed by atoms with E-state index in [1.54, 1.807) is 11.9 Å². The number of terminal acetylenes is 1. The van der Waals surface area contributed by atoms with Crippen LogP contribution in [-0.4, -0.2) is 37.5 Å². The van der Waals surface area contributed by atoms with E-state index in [9.17, 15) is 4.79 Å². The lowest BCUT2D eigenvalue weighted by Crippen LogP contribution is -2.35. The molecule has 0 aromatic heterocycles. The summed E-state index contributed by atoms with van der Waals surface area (Å²) in [5, 5.41) is 10.8. The fourth-order valence-electron chi connectivity index (χ4n) is 0.771. The molecule has 13 heavy (non-hydrogen) atoms. The van der Waals surface area contributed by atoms with Crippen LogP contribution in [0.4, 0.5) is 0 Å². The maximum absolute atomic E-state index is 11.0. The van der Waals surface area contributed by atoms with Crippen molar-refractivity contribution in [2.24, 2.45) is 0 Å². The van der Waals surface area contributed by atoms with Gasteiger partial charge in [0.05, 0.1) is 19.2 Å².